The van der Waals surface area contributed by atoms with Gasteiger partial charge in [-0.1, -0.05) is 26.0 Å². The molecule has 2 aromatic rings. The Morgan fingerprint density at radius 3 is 2.58 bits per heavy atom. The van der Waals surface area contributed by atoms with E-state index in [0.717, 1.165) is 0 Å². The minimum Gasteiger partial charge on any atom is -0.456 e. The highest BCUT2D eigenvalue weighted by atomic mass is 32.2. The topological polar surface area (TPSA) is 92.4 Å². The van der Waals surface area contributed by atoms with Crippen molar-refractivity contribution in [2.24, 2.45) is 7.05 Å². The Bertz CT molecular complexity index is 938. The number of nitriles is 1. The second-order valence-electron chi connectivity index (χ2n) is 5.65. The van der Waals surface area contributed by atoms with Gasteiger partial charge in [0.2, 0.25) is 10.0 Å². The van der Waals surface area contributed by atoms with E-state index in [9.17, 15) is 13.2 Å². The van der Waals surface area contributed by atoms with Gasteiger partial charge in [-0.05, 0) is 23.8 Å². The minimum atomic E-state index is -3.64. The van der Waals surface area contributed by atoms with Crippen LogP contribution in [-0.4, -0.2) is 36.3 Å². The molecule has 0 fully saturated rings. The molecule has 0 N–H and O–H groups in total. The average molecular weight is 375 g/mol. The Balaban J connectivity index is 2.18. The first-order valence-corrected chi connectivity index (χ1v) is 9.60. The summed E-state index contributed by atoms with van der Waals surface area (Å²) in [4.78, 5) is 12.4. The van der Waals surface area contributed by atoms with Gasteiger partial charge in [-0.25, -0.2) is 13.2 Å². The van der Waals surface area contributed by atoms with E-state index >= 15 is 0 Å². The van der Waals surface area contributed by atoms with Crippen LogP contribution in [0.2, 0.25) is 0 Å². The summed E-state index contributed by atoms with van der Waals surface area (Å²) in [6, 6.07) is 10.1. The Hall–Kier alpha value is -2.63. The maximum atomic E-state index is 12.6. The van der Waals surface area contributed by atoms with Crippen molar-refractivity contribution in [2.75, 3.05) is 13.1 Å². The van der Waals surface area contributed by atoms with Crippen molar-refractivity contribution in [3.8, 4) is 6.07 Å². The van der Waals surface area contributed by atoms with E-state index in [2.05, 4.69) is 0 Å². The van der Waals surface area contributed by atoms with Crippen LogP contribution in [0.1, 0.15) is 35.5 Å². The number of hydrogen-bond donors (Lipinski definition) is 0. The second-order valence-corrected chi connectivity index (χ2v) is 7.59. The van der Waals surface area contributed by atoms with Gasteiger partial charge in [-0.2, -0.15) is 9.57 Å². The third kappa shape index (κ3) is 4.12. The van der Waals surface area contributed by atoms with Crippen LogP contribution in [0.3, 0.4) is 0 Å². The van der Waals surface area contributed by atoms with Crippen molar-refractivity contribution >= 4 is 16.0 Å². The molecule has 0 saturated heterocycles. The van der Waals surface area contributed by atoms with Gasteiger partial charge in [0.25, 0.3) is 0 Å². The summed E-state index contributed by atoms with van der Waals surface area (Å²) in [5.74, 6) is -0.629. The minimum absolute atomic E-state index is 0.00232. The van der Waals surface area contributed by atoms with Crippen LogP contribution in [0.4, 0.5) is 0 Å². The predicted octanol–water partition coefficient (Wildman–Crippen LogP) is 2.28. The summed E-state index contributed by atoms with van der Waals surface area (Å²) < 4.78 is 33.1. The van der Waals surface area contributed by atoms with Crippen molar-refractivity contribution in [3.05, 3.63) is 53.3 Å². The molecule has 26 heavy (non-hydrogen) atoms. The van der Waals surface area contributed by atoms with Gasteiger partial charge in [-0.3, -0.25) is 0 Å². The molecule has 1 heterocycles. The number of nitrogens with zero attached hydrogens (tertiary/aromatic N) is 3. The number of aryl methyl sites for hydroxylation is 1. The molecule has 138 valence electrons. The first-order valence-electron chi connectivity index (χ1n) is 8.16. The van der Waals surface area contributed by atoms with Crippen molar-refractivity contribution in [1.29, 1.82) is 5.26 Å². The molecule has 0 aliphatic carbocycles. The van der Waals surface area contributed by atoms with Crippen LogP contribution in [-0.2, 0) is 28.4 Å². The monoisotopic (exact) mass is 375 g/mol. The number of hydrogen-bond acceptors (Lipinski definition) is 5. The zero-order valence-corrected chi connectivity index (χ0v) is 15.8. The van der Waals surface area contributed by atoms with Gasteiger partial charge in [0.15, 0.2) is 0 Å². The molecule has 0 saturated carbocycles. The Morgan fingerprint density at radius 1 is 1.27 bits per heavy atom. The molecule has 1 aromatic carbocycles. The van der Waals surface area contributed by atoms with E-state index in [1.807, 2.05) is 6.07 Å². The lowest BCUT2D eigenvalue weighted by Gasteiger charge is -2.17. The number of carbonyl (C=O) groups is 1. The van der Waals surface area contributed by atoms with Crippen LogP contribution in [0.25, 0.3) is 0 Å². The molecular formula is C18H21N3O4S. The second kappa shape index (κ2) is 8.17. The smallest absolute Gasteiger partial charge is 0.355 e. The third-order valence-corrected chi connectivity index (χ3v) is 5.97. The first-order chi connectivity index (χ1) is 12.3. The number of ether oxygens (including phenoxy) is 1. The van der Waals surface area contributed by atoms with Crippen molar-refractivity contribution in [3.63, 3.8) is 0 Å². The Morgan fingerprint density at radius 2 is 1.96 bits per heavy atom. The van der Waals surface area contributed by atoms with E-state index in [1.54, 1.807) is 45.2 Å². The van der Waals surface area contributed by atoms with Gasteiger partial charge in [0.1, 0.15) is 17.2 Å². The summed E-state index contributed by atoms with van der Waals surface area (Å²) in [7, 11) is -2.05. The molecule has 1 aromatic heterocycles. The van der Waals surface area contributed by atoms with Crippen LogP contribution >= 0.6 is 0 Å². The molecule has 0 spiro atoms. The molecule has 7 nitrogen and oxygen atoms in total. The van der Waals surface area contributed by atoms with Gasteiger partial charge >= 0.3 is 5.97 Å². The number of rotatable bonds is 7. The fourth-order valence-electron chi connectivity index (χ4n) is 2.54. The summed E-state index contributed by atoms with van der Waals surface area (Å²) >= 11 is 0. The van der Waals surface area contributed by atoms with Gasteiger partial charge in [-0.15, -0.1) is 0 Å². The molecule has 0 unspecified atom stereocenters. The lowest BCUT2D eigenvalue weighted by atomic mass is 10.1. The quantitative estimate of drug-likeness (QED) is 0.692. The van der Waals surface area contributed by atoms with E-state index in [1.165, 1.54) is 21.1 Å². The van der Waals surface area contributed by atoms with Crippen molar-refractivity contribution in [2.45, 2.75) is 25.3 Å². The van der Waals surface area contributed by atoms with E-state index in [0.29, 0.717) is 24.2 Å². The summed E-state index contributed by atoms with van der Waals surface area (Å²) in [5, 5.41) is 8.90. The fraction of sp³-hybridized carbons (Fsp3) is 0.333. The van der Waals surface area contributed by atoms with Gasteiger partial charge < -0.3 is 9.30 Å². The molecule has 0 amide bonds. The highest BCUT2D eigenvalue weighted by Crippen LogP contribution is 2.19. The lowest BCUT2D eigenvalue weighted by molar-refractivity contribution is 0.0461. The third-order valence-electron chi connectivity index (χ3n) is 3.96. The normalized spacial score (nSPS) is 11.3. The van der Waals surface area contributed by atoms with Crippen molar-refractivity contribution in [1.82, 2.24) is 8.87 Å². The predicted molar refractivity (Wildman–Crippen MR) is 95.8 cm³/mol. The van der Waals surface area contributed by atoms with E-state index in [-0.39, 0.29) is 17.2 Å². The number of aromatic nitrogens is 1. The average Bonchev–Trinajstić information content (AvgIpc) is 3.03. The fourth-order valence-corrected chi connectivity index (χ4v) is 4.07. The maximum absolute atomic E-state index is 12.6. The molecule has 8 heteroatoms. The zero-order valence-electron chi connectivity index (χ0n) is 15.0. The maximum Gasteiger partial charge on any atom is 0.355 e. The summed E-state index contributed by atoms with van der Waals surface area (Å²) in [5.41, 5.74) is 1.31. The number of benzene rings is 1. The lowest BCUT2D eigenvalue weighted by Crippen LogP contribution is -2.30. The van der Waals surface area contributed by atoms with Gasteiger partial charge in [0, 0.05) is 26.3 Å². The van der Waals surface area contributed by atoms with Crippen LogP contribution in [0.15, 0.2) is 41.4 Å². The Labute approximate surface area is 153 Å². The molecule has 0 radical (unpaired) electrons. The standard InChI is InChI=1S/C18H21N3O4S/c1-4-21(5-2)26(23,24)16-10-17(20(3)12-16)18(22)25-13-15-8-6-7-14(9-15)11-19/h6-10,12H,4-5,13H2,1-3H3. The SMILES string of the molecule is CCN(CC)S(=O)(=O)c1cc(C(=O)OCc2cccc(C#N)c2)n(C)c1. The molecule has 0 atom stereocenters. The summed E-state index contributed by atoms with van der Waals surface area (Å²) in [6.45, 7) is 4.21. The summed E-state index contributed by atoms with van der Waals surface area (Å²) in [6.07, 6.45) is 1.40. The van der Waals surface area contributed by atoms with Crippen LogP contribution in [0.5, 0.6) is 0 Å². The van der Waals surface area contributed by atoms with Crippen LogP contribution in [0, 0.1) is 11.3 Å². The zero-order chi connectivity index (χ0) is 19.3. The molecule has 0 aliphatic rings. The van der Waals surface area contributed by atoms with Gasteiger partial charge in [0.05, 0.1) is 11.6 Å². The Kier molecular flexibility index (Phi) is 6.18. The highest BCUT2D eigenvalue weighted by molar-refractivity contribution is 7.89. The number of esters is 1. The van der Waals surface area contributed by atoms with Crippen molar-refractivity contribution < 1.29 is 17.9 Å². The number of sulfonamides is 1. The number of carbonyl (C=O) groups excluding carboxylic acids is 1. The van der Waals surface area contributed by atoms with Crippen LogP contribution < -0.4 is 0 Å². The van der Waals surface area contributed by atoms with E-state index in [4.69, 9.17) is 10.00 Å². The molecular weight excluding hydrogens is 354 g/mol. The first kappa shape index (κ1) is 19.7. The molecule has 0 aliphatic heterocycles. The largest absolute Gasteiger partial charge is 0.456 e. The molecule has 2 rings (SSSR count). The van der Waals surface area contributed by atoms with E-state index < -0.39 is 16.0 Å². The highest BCUT2D eigenvalue weighted by Gasteiger charge is 2.25. The molecule has 0 bridgehead atoms.